The van der Waals surface area contributed by atoms with Crippen molar-refractivity contribution in [2.45, 2.75) is 19.3 Å². The van der Waals surface area contributed by atoms with E-state index in [0.29, 0.717) is 5.82 Å². The van der Waals surface area contributed by atoms with E-state index in [4.69, 9.17) is 5.11 Å². The number of aromatic carboxylic acids is 1. The van der Waals surface area contributed by atoms with Gasteiger partial charge in [0.1, 0.15) is 5.82 Å². The van der Waals surface area contributed by atoms with Gasteiger partial charge in [0.15, 0.2) is 5.69 Å². The first kappa shape index (κ1) is 9.89. The molecule has 1 aromatic heterocycles. The summed E-state index contributed by atoms with van der Waals surface area (Å²) in [5, 5.41) is 8.79. The van der Waals surface area contributed by atoms with Crippen LogP contribution in [0.25, 0.3) is 0 Å². The van der Waals surface area contributed by atoms with E-state index in [1.54, 1.807) is 6.20 Å². The summed E-state index contributed by atoms with van der Waals surface area (Å²) >= 11 is 0. The third-order valence-corrected chi connectivity index (χ3v) is 2.52. The standard InChI is InChI=1S/C10H13N3O2/c14-10(15)8-6-11-7-9(12-8)13-4-2-1-3-5-13/h6-7H,1-5H2,(H,14,15). The molecule has 1 aromatic rings. The fourth-order valence-electron chi connectivity index (χ4n) is 1.73. The molecular formula is C10H13N3O2. The lowest BCUT2D eigenvalue weighted by molar-refractivity contribution is 0.0690. The summed E-state index contributed by atoms with van der Waals surface area (Å²) in [6.07, 6.45) is 6.41. The van der Waals surface area contributed by atoms with Crippen molar-refractivity contribution in [3.05, 3.63) is 18.1 Å². The summed E-state index contributed by atoms with van der Waals surface area (Å²) in [5.74, 6) is -0.351. The van der Waals surface area contributed by atoms with Crippen molar-refractivity contribution in [1.29, 1.82) is 0 Å². The molecule has 0 saturated carbocycles. The molecule has 0 aliphatic carbocycles. The van der Waals surface area contributed by atoms with E-state index in [0.717, 1.165) is 25.9 Å². The molecule has 15 heavy (non-hydrogen) atoms. The first-order chi connectivity index (χ1) is 7.27. The van der Waals surface area contributed by atoms with Gasteiger partial charge in [-0.25, -0.2) is 9.78 Å². The number of rotatable bonds is 2. The van der Waals surface area contributed by atoms with Gasteiger partial charge in [0.05, 0.1) is 12.4 Å². The molecule has 2 rings (SSSR count). The first-order valence-corrected chi connectivity index (χ1v) is 5.07. The number of aromatic nitrogens is 2. The van der Waals surface area contributed by atoms with Gasteiger partial charge in [0.2, 0.25) is 0 Å². The zero-order valence-electron chi connectivity index (χ0n) is 8.39. The molecule has 0 unspecified atom stereocenters. The minimum atomic E-state index is -1.03. The molecule has 1 saturated heterocycles. The van der Waals surface area contributed by atoms with Crippen molar-refractivity contribution in [3.63, 3.8) is 0 Å². The van der Waals surface area contributed by atoms with Gasteiger partial charge in [-0.05, 0) is 19.3 Å². The predicted molar refractivity (Wildman–Crippen MR) is 55.1 cm³/mol. The monoisotopic (exact) mass is 207 g/mol. The van der Waals surface area contributed by atoms with Gasteiger partial charge >= 0.3 is 5.97 Å². The SMILES string of the molecule is O=C(O)c1cncc(N2CCCCC2)n1. The Labute approximate surface area is 87.8 Å². The second-order valence-electron chi connectivity index (χ2n) is 3.62. The van der Waals surface area contributed by atoms with Crippen LogP contribution in [0.2, 0.25) is 0 Å². The van der Waals surface area contributed by atoms with Crippen LogP contribution in [0.3, 0.4) is 0 Å². The molecule has 1 fully saturated rings. The molecule has 5 heteroatoms. The van der Waals surface area contributed by atoms with E-state index in [1.165, 1.54) is 12.6 Å². The Bertz CT molecular complexity index is 361. The minimum absolute atomic E-state index is 0.0121. The molecule has 0 atom stereocenters. The largest absolute Gasteiger partial charge is 0.476 e. The maximum atomic E-state index is 10.7. The van der Waals surface area contributed by atoms with Crippen molar-refractivity contribution >= 4 is 11.8 Å². The van der Waals surface area contributed by atoms with Crippen LogP contribution in [0.5, 0.6) is 0 Å². The van der Waals surface area contributed by atoms with Crippen molar-refractivity contribution in [2.75, 3.05) is 18.0 Å². The number of carboxylic acids is 1. The second kappa shape index (κ2) is 4.25. The molecular weight excluding hydrogens is 194 g/mol. The van der Waals surface area contributed by atoms with Crippen LogP contribution in [-0.4, -0.2) is 34.1 Å². The number of carbonyl (C=O) groups is 1. The lowest BCUT2D eigenvalue weighted by Gasteiger charge is -2.27. The average molecular weight is 207 g/mol. The van der Waals surface area contributed by atoms with Crippen LogP contribution in [0.15, 0.2) is 12.4 Å². The van der Waals surface area contributed by atoms with Crippen LogP contribution in [0.1, 0.15) is 29.8 Å². The molecule has 1 aliphatic rings. The normalized spacial score (nSPS) is 16.4. The van der Waals surface area contributed by atoms with E-state index in [-0.39, 0.29) is 5.69 Å². The highest BCUT2D eigenvalue weighted by atomic mass is 16.4. The summed E-state index contributed by atoms with van der Waals surface area (Å²) in [4.78, 5) is 20.8. The fraction of sp³-hybridized carbons (Fsp3) is 0.500. The number of hydrogen-bond donors (Lipinski definition) is 1. The molecule has 0 amide bonds. The molecule has 1 N–H and O–H groups in total. The smallest absolute Gasteiger partial charge is 0.356 e. The molecule has 0 radical (unpaired) electrons. The average Bonchev–Trinajstić information content (AvgIpc) is 2.30. The van der Waals surface area contributed by atoms with E-state index in [9.17, 15) is 4.79 Å². The zero-order chi connectivity index (χ0) is 10.7. The topological polar surface area (TPSA) is 66.3 Å². The van der Waals surface area contributed by atoms with Gasteiger partial charge in [-0.15, -0.1) is 0 Å². The van der Waals surface area contributed by atoms with Crippen molar-refractivity contribution in [2.24, 2.45) is 0 Å². The second-order valence-corrected chi connectivity index (χ2v) is 3.62. The summed E-state index contributed by atoms with van der Waals surface area (Å²) < 4.78 is 0. The lowest BCUT2D eigenvalue weighted by atomic mass is 10.1. The molecule has 1 aliphatic heterocycles. The minimum Gasteiger partial charge on any atom is -0.476 e. The molecule has 0 bridgehead atoms. The Morgan fingerprint density at radius 1 is 1.27 bits per heavy atom. The Hall–Kier alpha value is -1.65. The van der Waals surface area contributed by atoms with Crippen molar-refractivity contribution < 1.29 is 9.90 Å². The maximum absolute atomic E-state index is 10.7. The summed E-state index contributed by atoms with van der Waals surface area (Å²) in [6, 6.07) is 0. The van der Waals surface area contributed by atoms with Crippen LogP contribution >= 0.6 is 0 Å². The van der Waals surface area contributed by atoms with Crippen LogP contribution < -0.4 is 4.90 Å². The fourth-order valence-corrected chi connectivity index (χ4v) is 1.73. The third kappa shape index (κ3) is 2.23. The van der Waals surface area contributed by atoms with E-state index >= 15 is 0 Å². The molecule has 0 spiro atoms. The number of hydrogen-bond acceptors (Lipinski definition) is 4. The van der Waals surface area contributed by atoms with E-state index < -0.39 is 5.97 Å². The van der Waals surface area contributed by atoms with Crippen LogP contribution in [-0.2, 0) is 0 Å². The quantitative estimate of drug-likeness (QED) is 0.788. The van der Waals surface area contributed by atoms with Crippen molar-refractivity contribution in [3.8, 4) is 0 Å². The highest BCUT2D eigenvalue weighted by Crippen LogP contribution is 2.16. The van der Waals surface area contributed by atoms with Crippen LogP contribution in [0.4, 0.5) is 5.82 Å². The van der Waals surface area contributed by atoms with Gasteiger partial charge in [-0.1, -0.05) is 0 Å². The number of anilines is 1. The molecule has 5 nitrogen and oxygen atoms in total. The Balaban J connectivity index is 2.19. The van der Waals surface area contributed by atoms with E-state index in [2.05, 4.69) is 14.9 Å². The highest BCUT2D eigenvalue weighted by molar-refractivity contribution is 5.85. The van der Waals surface area contributed by atoms with Gasteiger partial charge in [0, 0.05) is 13.1 Å². The van der Waals surface area contributed by atoms with Gasteiger partial charge < -0.3 is 10.0 Å². The van der Waals surface area contributed by atoms with Gasteiger partial charge in [-0.2, -0.15) is 0 Å². The van der Waals surface area contributed by atoms with Gasteiger partial charge in [-0.3, -0.25) is 4.98 Å². The summed E-state index contributed by atoms with van der Waals surface area (Å²) in [6.45, 7) is 1.88. The van der Waals surface area contributed by atoms with Crippen molar-refractivity contribution in [1.82, 2.24) is 9.97 Å². The Morgan fingerprint density at radius 2 is 2.00 bits per heavy atom. The van der Waals surface area contributed by atoms with Crippen LogP contribution in [0, 0.1) is 0 Å². The van der Waals surface area contributed by atoms with E-state index in [1.807, 2.05) is 0 Å². The number of piperidine rings is 1. The Morgan fingerprint density at radius 3 is 2.67 bits per heavy atom. The maximum Gasteiger partial charge on any atom is 0.356 e. The van der Waals surface area contributed by atoms with Gasteiger partial charge in [0.25, 0.3) is 0 Å². The predicted octanol–water partition coefficient (Wildman–Crippen LogP) is 1.17. The third-order valence-electron chi connectivity index (χ3n) is 2.52. The molecule has 2 heterocycles. The molecule has 0 aromatic carbocycles. The summed E-state index contributed by atoms with van der Waals surface area (Å²) in [7, 11) is 0. The lowest BCUT2D eigenvalue weighted by Crippen LogP contribution is -2.30. The molecule has 80 valence electrons. The Kier molecular flexibility index (Phi) is 2.80. The summed E-state index contributed by atoms with van der Waals surface area (Å²) in [5.41, 5.74) is 0.0121. The highest BCUT2D eigenvalue weighted by Gasteiger charge is 2.14. The zero-order valence-corrected chi connectivity index (χ0v) is 8.39. The first-order valence-electron chi connectivity index (χ1n) is 5.07. The number of carboxylic acid groups (broad SMARTS) is 1. The number of nitrogens with zero attached hydrogens (tertiary/aromatic N) is 3.